The predicted octanol–water partition coefficient (Wildman–Crippen LogP) is 3.55. The van der Waals surface area contributed by atoms with Crippen LogP contribution in [0, 0.1) is 6.92 Å². The number of nitrogens with one attached hydrogen (secondary N) is 2. The number of amides is 1. The SMILES string of the molecule is CCc1cccc(C)c1NC(=O)[C@@H](N)Cc1c[nH]c2ccccc12. The van der Waals surface area contributed by atoms with Crippen LogP contribution in [0.25, 0.3) is 10.9 Å². The number of fused-ring (bicyclic) bond motifs is 1. The standard InChI is InChI=1S/C20H23N3O/c1-3-14-8-6-7-13(2)19(14)23-20(24)17(21)11-15-12-22-18-10-5-4-9-16(15)18/h4-10,12,17,22H,3,11,21H2,1-2H3,(H,23,24)/t17-/m0/s1. The summed E-state index contributed by atoms with van der Waals surface area (Å²) in [6.07, 6.45) is 3.31. The van der Waals surface area contributed by atoms with Gasteiger partial charge in [0, 0.05) is 22.8 Å². The number of aromatic nitrogens is 1. The van der Waals surface area contributed by atoms with Gasteiger partial charge in [0.15, 0.2) is 0 Å². The number of nitrogens with two attached hydrogens (primary N) is 1. The quantitative estimate of drug-likeness (QED) is 0.672. The highest BCUT2D eigenvalue weighted by Crippen LogP contribution is 2.22. The summed E-state index contributed by atoms with van der Waals surface area (Å²) in [5.74, 6) is -0.149. The summed E-state index contributed by atoms with van der Waals surface area (Å²) in [4.78, 5) is 15.8. The first-order valence-corrected chi connectivity index (χ1v) is 8.30. The smallest absolute Gasteiger partial charge is 0.241 e. The maximum Gasteiger partial charge on any atom is 0.241 e. The van der Waals surface area contributed by atoms with E-state index in [2.05, 4.69) is 17.2 Å². The summed E-state index contributed by atoms with van der Waals surface area (Å²) in [5, 5.41) is 4.13. The molecule has 1 heterocycles. The lowest BCUT2D eigenvalue weighted by atomic mass is 10.0. The average molecular weight is 321 g/mol. The molecule has 0 saturated heterocycles. The Morgan fingerprint density at radius 2 is 1.96 bits per heavy atom. The van der Waals surface area contributed by atoms with Crippen molar-refractivity contribution in [2.24, 2.45) is 5.73 Å². The number of hydrogen-bond acceptors (Lipinski definition) is 2. The van der Waals surface area contributed by atoms with Gasteiger partial charge < -0.3 is 16.0 Å². The van der Waals surface area contributed by atoms with E-state index in [1.165, 1.54) is 0 Å². The number of aromatic amines is 1. The second-order valence-electron chi connectivity index (χ2n) is 6.12. The number of anilines is 1. The van der Waals surface area contributed by atoms with Gasteiger partial charge in [0.05, 0.1) is 6.04 Å². The summed E-state index contributed by atoms with van der Waals surface area (Å²) >= 11 is 0. The third-order valence-electron chi connectivity index (χ3n) is 4.44. The molecule has 4 heteroatoms. The van der Waals surface area contributed by atoms with E-state index in [1.807, 2.05) is 55.6 Å². The molecule has 124 valence electrons. The summed E-state index contributed by atoms with van der Waals surface area (Å²) in [7, 11) is 0. The zero-order chi connectivity index (χ0) is 17.1. The molecule has 4 nitrogen and oxygen atoms in total. The lowest BCUT2D eigenvalue weighted by Gasteiger charge is -2.16. The molecule has 3 aromatic rings. The molecule has 0 aliphatic heterocycles. The van der Waals surface area contributed by atoms with E-state index in [0.29, 0.717) is 6.42 Å². The van der Waals surface area contributed by atoms with Crippen LogP contribution in [-0.2, 0) is 17.6 Å². The van der Waals surface area contributed by atoms with E-state index in [9.17, 15) is 4.79 Å². The highest BCUT2D eigenvalue weighted by Gasteiger charge is 2.18. The van der Waals surface area contributed by atoms with E-state index < -0.39 is 6.04 Å². The van der Waals surface area contributed by atoms with Crippen LogP contribution in [-0.4, -0.2) is 16.9 Å². The van der Waals surface area contributed by atoms with Crippen molar-refractivity contribution in [1.82, 2.24) is 4.98 Å². The number of carbonyl (C=O) groups excluding carboxylic acids is 1. The van der Waals surface area contributed by atoms with Crippen molar-refractivity contribution in [3.63, 3.8) is 0 Å². The topological polar surface area (TPSA) is 70.9 Å². The van der Waals surface area contributed by atoms with Gasteiger partial charge in [-0.3, -0.25) is 4.79 Å². The predicted molar refractivity (Wildman–Crippen MR) is 99.2 cm³/mol. The summed E-state index contributed by atoms with van der Waals surface area (Å²) in [6, 6.07) is 13.5. The molecule has 0 aliphatic carbocycles. The minimum atomic E-state index is -0.589. The molecule has 3 rings (SSSR count). The fourth-order valence-corrected chi connectivity index (χ4v) is 3.05. The van der Waals surface area contributed by atoms with Crippen LogP contribution < -0.4 is 11.1 Å². The normalized spacial score (nSPS) is 12.3. The maximum atomic E-state index is 12.5. The number of para-hydroxylation sites is 2. The van der Waals surface area contributed by atoms with Crippen LogP contribution in [0.4, 0.5) is 5.69 Å². The van der Waals surface area contributed by atoms with Gasteiger partial charge in [0.1, 0.15) is 0 Å². The molecule has 4 N–H and O–H groups in total. The van der Waals surface area contributed by atoms with Crippen LogP contribution in [0.1, 0.15) is 23.6 Å². The number of rotatable bonds is 5. The minimum absolute atomic E-state index is 0.149. The molecule has 2 aromatic carbocycles. The number of benzene rings is 2. The van der Waals surface area contributed by atoms with E-state index in [0.717, 1.165) is 39.7 Å². The Hall–Kier alpha value is -2.59. The molecule has 0 spiro atoms. The molecule has 0 fully saturated rings. The first-order valence-electron chi connectivity index (χ1n) is 8.30. The number of H-pyrrole nitrogens is 1. The Kier molecular flexibility index (Phi) is 4.67. The van der Waals surface area contributed by atoms with Crippen molar-refractivity contribution in [2.45, 2.75) is 32.7 Å². The molecule has 1 atom stereocenters. The molecule has 0 unspecified atom stereocenters. The molecule has 1 amide bonds. The van der Waals surface area contributed by atoms with E-state index in [-0.39, 0.29) is 5.91 Å². The first-order chi connectivity index (χ1) is 11.6. The average Bonchev–Trinajstić information content (AvgIpc) is 2.99. The Balaban J connectivity index is 1.76. The van der Waals surface area contributed by atoms with Gasteiger partial charge in [0.25, 0.3) is 0 Å². The van der Waals surface area contributed by atoms with Gasteiger partial charge in [0.2, 0.25) is 5.91 Å². The van der Waals surface area contributed by atoms with Gasteiger partial charge >= 0.3 is 0 Å². The number of aryl methyl sites for hydroxylation is 2. The molecule has 0 radical (unpaired) electrons. The summed E-state index contributed by atoms with van der Waals surface area (Å²) < 4.78 is 0. The summed E-state index contributed by atoms with van der Waals surface area (Å²) in [6.45, 7) is 4.08. The van der Waals surface area contributed by atoms with Crippen LogP contribution in [0.5, 0.6) is 0 Å². The van der Waals surface area contributed by atoms with Crippen LogP contribution in [0.15, 0.2) is 48.7 Å². The zero-order valence-corrected chi connectivity index (χ0v) is 14.1. The highest BCUT2D eigenvalue weighted by molar-refractivity contribution is 5.96. The van der Waals surface area contributed by atoms with E-state index in [1.54, 1.807) is 0 Å². The second-order valence-corrected chi connectivity index (χ2v) is 6.12. The number of carbonyl (C=O) groups is 1. The van der Waals surface area contributed by atoms with Gasteiger partial charge in [-0.05, 0) is 42.5 Å². The van der Waals surface area contributed by atoms with Crippen LogP contribution in [0.2, 0.25) is 0 Å². The minimum Gasteiger partial charge on any atom is -0.361 e. The lowest BCUT2D eigenvalue weighted by molar-refractivity contribution is -0.117. The van der Waals surface area contributed by atoms with Crippen molar-refractivity contribution in [2.75, 3.05) is 5.32 Å². The summed E-state index contributed by atoms with van der Waals surface area (Å²) in [5.41, 5.74) is 11.4. The van der Waals surface area contributed by atoms with Gasteiger partial charge in [-0.1, -0.05) is 43.3 Å². The zero-order valence-electron chi connectivity index (χ0n) is 14.1. The van der Waals surface area contributed by atoms with Crippen molar-refractivity contribution < 1.29 is 4.79 Å². The molecule has 0 aliphatic rings. The molecular formula is C20H23N3O. The highest BCUT2D eigenvalue weighted by atomic mass is 16.2. The van der Waals surface area contributed by atoms with Crippen molar-refractivity contribution in [3.05, 3.63) is 65.4 Å². The molecule has 24 heavy (non-hydrogen) atoms. The van der Waals surface area contributed by atoms with Crippen molar-refractivity contribution in [3.8, 4) is 0 Å². The third-order valence-corrected chi connectivity index (χ3v) is 4.44. The first kappa shape index (κ1) is 16.3. The Morgan fingerprint density at radius 3 is 2.75 bits per heavy atom. The second kappa shape index (κ2) is 6.89. The molecule has 0 saturated carbocycles. The Labute approximate surface area is 142 Å². The Morgan fingerprint density at radius 1 is 1.17 bits per heavy atom. The fourth-order valence-electron chi connectivity index (χ4n) is 3.05. The Bertz CT molecular complexity index is 866. The third kappa shape index (κ3) is 3.19. The fraction of sp³-hybridized carbons (Fsp3) is 0.250. The van der Waals surface area contributed by atoms with Gasteiger partial charge in [-0.2, -0.15) is 0 Å². The van der Waals surface area contributed by atoms with Crippen LogP contribution in [0.3, 0.4) is 0 Å². The molecular weight excluding hydrogens is 298 g/mol. The van der Waals surface area contributed by atoms with Crippen molar-refractivity contribution >= 4 is 22.5 Å². The monoisotopic (exact) mass is 321 g/mol. The van der Waals surface area contributed by atoms with E-state index >= 15 is 0 Å². The van der Waals surface area contributed by atoms with Gasteiger partial charge in [-0.15, -0.1) is 0 Å². The molecule has 1 aromatic heterocycles. The van der Waals surface area contributed by atoms with E-state index in [4.69, 9.17) is 5.73 Å². The lowest BCUT2D eigenvalue weighted by Crippen LogP contribution is -2.37. The number of hydrogen-bond donors (Lipinski definition) is 3. The van der Waals surface area contributed by atoms with Crippen molar-refractivity contribution in [1.29, 1.82) is 0 Å². The van der Waals surface area contributed by atoms with Gasteiger partial charge in [-0.25, -0.2) is 0 Å². The largest absolute Gasteiger partial charge is 0.361 e. The maximum absolute atomic E-state index is 12.5. The molecule has 0 bridgehead atoms. The van der Waals surface area contributed by atoms with Crippen LogP contribution >= 0.6 is 0 Å².